The highest BCUT2D eigenvalue weighted by atomic mass is 35.5. The number of hydrogen-bond donors (Lipinski definition) is 2. The van der Waals surface area contributed by atoms with Crippen molar-refractivity contribution in [3.63, 3.8) is 0 Å². The molecule has 0 aliphatic heterocycles. The summed E-state index contributed by atoms with van der Waals surface area (Å²) in [6.45, 7) is 4.81. The first-order valence-electron chi connectivity index (χ1n) is 8.05. The number of ether oxygens (including phenoxy) is 1. The predicted molar refractivity (Wildman–Crippen MR) is 100 cm³/mol. The first kappa shape index (κ1) is 18.3. The molecule has 0 aliphatic carbocycles. The minimum absolute atomic E-state index is 0.661. The minimum Gasteiger partial charge on any atom is -0.377 e. The summed E-state index contributed by atoms with van der Waals surface area (Å²) in [5.41, 5.74) is 3.54. The Bertz CT molecular complexity index is 639. The molecule has 0 spiro atoms. The lowest BCUT2D eigenvalue weighted by Gasteiger charge is -2.12. The monoisotopic (exact) mass is 345 g/mol. The first-order valence-corrected chi connectivity index (χ1v) is 8.43. The summed E-state index contributed by atoms with van der Waals surface area (Å²) in [4.78, 5) is 4.24. The molecule has 2 aromatic carbocycles. The molecule has 0 radical (unpaired) electrons. The lowest BCUT2D eigenvalue weighted by Crippen LogP contribution is -2.36. The highest BCUT2D eigenvalue weighted by Crippen LogP contribution is 2.09. The third-order valence-corrected chi connectivity index (χ3v) is 3.80. The van der Waals surface area contributed by atoms with Crippen molar-refractivity contribution >= 4 is 17.6 Å². The van der Waals surface area contributed by atoms with Crippen molar-refractivity contribution in [1.29, 1.82) is 0 Å². The van der Waals surface area contributed by atoms with Crippen LogP contribution in [-0.4, -0.2) is 19.6 Å². The van der Waals surface area contributed by atoms with Crippen LogP contribution in [0.1, 0.15) is 23.6 Å². The van der Waals surface area contributed by atoms with Gasteiger partial charge in [0.1, 0.15) is 0 Å². The van der Waals surface area contributed by atoms with E-state index in [0.717, 1.165) is 29.7 Å². The van der Waals surface area contributed by atoms with Gasteiger partial charge in [0.15, 0.2) is 5.96 Å². The molecular weight excluding hydrogens is 322 g/mol. The summed E-state index contributed by atoms with van der Waals surface area (Å²) in [6.07, 6.45) is 0. The Morgan fingerprint density at radius 1 is 0.917 bits per heavy atom. The largest absolute Gasteiger partial charge is 0.377 e. The number of halogens is 1. The molecule has 0 aromatic heterocycles. The van der Waals surface area contributed by atoms with E-state index in [-0.39, 0.29) is 0 Å². The van der Waals surface area contributed by atoms with Crippen molar-refractivity contribution in [2.45, 2.75) is 26.6 Å². The summed E-state index contributed by atoms with van der Waals surface area (Å²) in [6, 6.07) is 16.2. The Morgan fingerprint density at radius 2 is 1.42 bits per heavy atom. The maximum Gasteiger partial charge on any atom is 0.191 e. The molecular formula is C19H24ClN3O. The second-order valence-electron chi connectivity index (χ2n) is 5.36. The van der Waals surface area contributed by atoms with Gasteiger partial charge < -0.3 is 15.4 Å². The zero-order valence-corrected chi connectivity index (χ0v) is 14.9. The van der Waals surface area contributed by atoms with E-state index < -0.39 is 0 Å². The van der Waals surface area contributed by atoms with Gasteiger partial charge in [-0.25, -0.2) is 0 Å². The first-order chi connectivity index (χ1) is 11.7. The molecule has 0 atom stereocenters. The smallest absolute Gasteiger partial charge is 0.191 e. The zero-order chi connectivity index (χ0) is 17.2. The van der Waals surface area contributed by atoms with Gasteiger partial charge in [0, 0.05) is 31.8 Å². The van der Waals surface area contributed by atoms with Crippen LogP contribution in [-0.2, 0) is 24.4 Å². The quantitative estimate of drug-likeness (QED) is 0.593. The van der Waals surface area contributed by atoms with Crippen LogP contribution in [0.25, 0.3) is 0 Å². The average molecular weight is 346 g/mol. The van der Waals surface area contributed by atoms with E-state index in [9.17, 15) is 0 Å². The number of rotatable bonds is 7. The Hall–Kier alpha value is -2.04. The third-order valence-electron chi connectivity index (χ3n) is 3.55. The Morgan fingerprint density at radius 3 is 1.92 bits per heavy atom. The van der Waals surface area contributed by atoms with Crippen molar-refractivity contribution in [2.75, 3.05) is 13.7 Å². The van der Waals surface area contributed by atoms with Crippen molar-refractivity contribution in [3.05, 3.63) is 70.2 Å². The maximum atomic E-state index is 5.89. The molecule has 5 heteroatoms. The number of aliphatic imine (C=N–C) groups is 1. The summed E-state index contributed by atoms with van der Waals surface area (Å²) in [7, 11) is 1.77. The average Bonchev–Trinajstić information content (AvgIpc) is 2.62. The fourth-order valence-electron chi connectivity index (χ4n) is 2.17. The van der Waals surface area contributed by atoms with Crippen molar-refractivity contribution in [2.24, 2.45) is 4.99 Å². The molecule has 0 saturated carbocycles. The molecule has 24 heavy (non-hydrogen) atoms. The van der Waals surface area contributed by atoms with Gasteiger partial charge in [-0.1, -0.05) is 48.0 Å². The van der Waals surface area contributed by atoms with E-state index in [0.29, 0.717) is 13.2 Å². The maximum absolute atomic E-state index is 5.89. The van der Waals surface area contributed by atoms with Gasteiger partial charge in [0.25, 0.3) is 0 Å². The van der Waals surface area contributed by atoms with Gasteiger partial charge in [-0.05, 0) is 35.7 Å². The minimum atomic E-state index is 0.661. The van der Waals surface area contributed by atoms with Crippen LogP contribution in [0, 0.1) is 0 Å². The van der Waals surface area contributed by atoms with Crippen LogP contribution >= 0.6 is 11.6 Å². The van der Waals surface area contributed by atoms with Crippen molar-refractivity contribution in [3.8, 4) is 0 Å². The van der Waals surface area contributed by atoms with Gasteiger partial charge in [-0.15, -0.1) is 0 Å². The van der Waals surface area contributed by atoms with Crippen LogP contribution in [0.3, 0.4) is 0 Å². The van der Waals surface area contributed by atoms with E-state index in [2.05, 4.69) is 39.9 Å². The summed E-state index contributed by atoms with van der Waals surface area (Å²) in [5, 5.41) is 7.35. The van der Waals surface area contributed by atoms with Crippen LogP contribution in [0.15, 0.2) is 53.5 Å². The zero-order valence-electron chi connectivity index (χ0n) is 14.2. The van der Waals surface area contributed by atoms with Gasteiger partial charge in [-0.2, -0.15) is 0 Å². The van der Waals surface area contributed by atoms with Crippen LogP contribution in [0.4, 0.5) is 0 Å². The van der Waals surface area contributed by atoms with E-state index in [1.807, 2.05) is 31.2 Å². The van der Waals surface area contributed by atoms with E-state index >= 15 is 0 Å². The Labute approximate surface area is 148 Å². The standard InChI is InChI=1S/C19H24ClN3O/c1-3-24-14-17-6-4-15(5-7-17)12-22-19(21-2)23-13-16-8-10-18(20)11-9-16/h4-11H,3,12-14H2,1-2H3,(H2,21,22,23). The lowest BCUT2D eigenvalue weighted by atomic mass is 10.1. The lowest BCUT2D eigenvalue weighted by molar-refractivity contribution is 0.134. The van der Waals surface area contributed by atoms with Gasteiger partial charge in [0.05, 0.1) is 6.61 Å². The van der Waals surface area contributed by atoms with Crippen molar-refractivity contribution < 1.29 is 4.74 Å². The number of guanidine groups is 1. The predicted octanol–water partition coefficient (Wildman–Crippen LogP) is 3.74. The molecule has 2 N–H and O–H groups in total. The topological polar surface area (TPSA) is 45.6 Å². The van der Waals surface area contributed by atoms with E-state index in [1.165, 1.54) is 11.1 Å². The Kier molecular flexibility index (Phi) is 7.59. The molecule has 0 heterocycles. The Balaban J connectivity index is 1.79. The number of benzene rings is 2. The summed E-state index contributed by atoms with van der Waals surface area (Å²) in [5.74, 6) is 0.767. The fourth-order valence-corrected chi connectivity index (χ4v) is 2.29. The molecule has 0 unspecified atom stereocenters. The van der Waals surface area contributed by atoms with Crippen LogP contribution in [0.5, 0.6) is 0 Å². The van der Waals surface area contributed by atoms with Gasteiger partial charge >= 0.3 is 0 Å². The molecule has 0 amide bonds. The second kappa shape index (κ2) is 9.96. The van der Waals surface area contributed by atoms with Crippen LogP contribution in [0.2, 0.25) is 5.02 Å². The molecule has 128 valence electrons. The van der Waals surface area contributed by atoms with Gasteiger partial charge in [-0.3, -0.25) is 4.99 Å². The normalized spacial score (nSPS) is 11.4. The molecule has 2 aromatic rings. The van der Waals surface area contributed by atoms with Crippen LogP contribution < -0.4 is 10.6 Å². The molecule has 4 nitrogen and oxygen atoms in total. The highest BCUT2D eigenvalue weighted by Gasteiger charge is 2.00. The summed E-state index contributed by atoms with van der Waals surface area (Å²) >= 11 is 5.89. The molecule has 0 saturated heterocycles. The molecule has 2 rings (SSSR count). The number of nitrogens with zero attached hydrogens (tertiary/aromatic N) is 1. The molecule has 0 bridgehead atoms. The summed E-state index contributed by atoms with van der Waals surface area (Å²) < 4.78 is 5.40. The SMILES string of the molecule is CCOCc1ccc(CNC(=NC)NCc2ccc(Cl)cc2)cc1. The third kappa shape index (κ3) is 6.22. The number of nitrogens with one attached hydrogen (secondary N) is 2. The van der Waals surface area contributed by atoms with E-state index in [4.69, 9.17) is 16.3 Å². The fraction of sp³-hybridized carbons (Fsp3) is 0.316. The van der Waals surface area contributed by atoms with Crippen molar-refractivity contribution in [1.82, 2.24) is 10.6 Å². The highest BCUT2D eigenvalue weighted by molar-refractivity contribution is 6.30. The number of hydrogen-bond acceptors (Lipinski definition) is 2. The van der Waals surface area contributed by atoms with Gasteiger partial charge in [0.2, 0.25) is 0 Å². The molecule has 0 aliphatic rings. The van der Waals surface area contributed by atoms with E-state index in [1.54, 1.807) is 7.05 Å². The second-order valence-corrected chi connectivity index (χ2v) is 5.80. The molecule has 0 fully saturated rings.